The Morgan fingerprint density at radius 1 is 0.929 bits per heavy atom. The number of nitrogens with zero attached hydrogens (tertiary/aromatic N) is 4. The van der Waals surface area contributed by atoms with Gasteiger partial charge in [-0.2, -0.15) is 0 Å². The van der Waals surface area contributed by atoms with E-state index in [0.717, 1.165) is 61.3 Å². The van der Waals surface area contributed by atoms with Gasteiger partial charge in [-0.3, -0.25) is 4.79 Å². The number of amides is 1. The molecule has 1 aliphatic heterocycles. The van der Waals surface area contributed by atoms with Crippen molar-refractivity contribution in [2.45, 2.75) is 12.8 Å². The lowest BCUT2D eigenvalue weighted by atomic mass is 10.1. The minimum Gasteiger partial charge on any atom is -0.352 e. The van der Waals surface area contributed by atoms with Crippen LogP contribution in [-0.4, -0.2) is 47.0 Å². The van der Waals surface area contributed by atoms with Gasteiger partial charge in [-0.1, -0.05) is 23.7 Å². The number of hydrogen-bond donors (Lipinski definition) is 0. The molecule has 0 N–H and O–H groups in total. The summed E-state index contributed by atoms with van der Waals surface area (Å²) in [6, 6.07) is 15.7. The van der Waals surface area contributed by atoms with E-state index in [2.05, 4.69) is 11.0 Å². The smallest absolute Gasteiger partial charge is 0.225 e. The van der Waals surface area contributed by atoms with Crippen molar-refractivity contribution in [3.8, 4) is 11.4 Å². The fourth-order valence-electron chi connectivity index (χ4n) is 3.76. The predicted octanol–water partition coefficient (Wildman–Crippen LogP) is 4.01. The molecular formula is C22H21ClN4O. The van der Waals surface area contributed by atoms with Crippen LogP contribution in [-0.2, 0) is 4.79 Å². The number of hydrogen-bond acceptors (Lipinski definition) is 4. The molecule has 0 bridgehead atoms. The molecule has 0 radical (unpaired) electrons. The molecule has 28 heavy (non-hydrogen) atoms. The van der Waals surface area contributed by atoms with Crippen LogP contribution in [0.25, 0.3) is 22.3 Å². The van der Waals surface area contributed by atoms with Crippen LogP contribution in [0.2, 0.25) is 5.02 Å². The summed E-state index contributed by atoms with van der Waals surface area (Å²) in [5.41, 5.74) is 1.87. The fraction of sp³-hybridized carbons (Fsp3) is 0.318. The number of carbonyl (C=O) groups excluding carboxylic acids is 1. The molecule has 1 amide bonds. The molecule has 0 unspecified atom stereocenters. The molecule has 1 aliphatic carbocycles. The van der Waals surface area contributed by atoms with E-state index in [1.54, 1.807) is 0 Å². The standard InChI is InChI=1S/C22H21ClN4O/c23-17-9-7-15(8-10-17)20-24-19-4-2-1-3-18(19)21(25-20)26-11-13-27(14-12-26)22(28)16-5-6-16/h1-4,7-10,16H,5-6,11-14H2. The van der Waals surface area contributed by atoms with Crippen LogP contribution in [0.4, 0.5) is 5.82 Å². The Kier molecular flexibility index (Phi) is 4.40. The van der Waals surface area contributed by atoms with Gasteiger partial charge in [-0.05, 0) is 49.2 Å². The number of anilines is 1. The minimum atomic E-state index is 0.280. The van der Waals surface area contributed by atoms with Crippen LogP contribution >= 0.6 is 11.6 Å². The maximum absolute atomic E-state index is 12.4. The van der Waals surface area contributed by atoms with Crippen molar-refractivity contribution < 1.29 is 4.79 Å². The second-order valence-electron chi connectivity index (χ2n) is 7.48. The number of para-hydroxylation sites is 1. The average molecular weight is 393 g/mol. The number of halogens is 1. The zero-order valence-corrected chi connectivity index (χ0v) is 16.3. The summed E-state index contributed by atoms with van der Waals surface area (Å²) >= 11 is 6.03. The Bertz CT molecular complexity index is 1020. The number of carbonyl (C=O) groups is 1. The van der Waals surface area contributed by atoms with Gasteiger partial charge < -0.3 is 9.80 Å². The van der Waals surface area contributed by atoms with E-state index in [-0.39, 0.29) is 5.92 Å². The molecular weight excluding hydrogens is 372 g/mol. The number of aromatic nitrogens is 2. The molecule has 2 aromatic carbocycles. The molecule has 0 atom stereocenters. The zero-order chi connectivity index (χ0) is 19.1. The third-order valence-corrected chi connectivity index (χ3v) is 5.75. The first-order valence-electron chi connectivity index (χ1n) is 9.75. The number of fused-ring (bicyclic) bond motifs is 1. The first-order valence-corrected chi connectivity index (χ1v) is 10.1. The Balaban J connectivity index is 1.48. The van der Waals surface area contributed by atoms with Crippen molar-refractivity contribution in [2.24, 2.45) is 5.92 Å². The van der Waals surface area contributed by atoms with Crippen molar-refractivity contribution in [3.63, 3.8) is 0 Å². The maximum Gasteiger partial charge on any atom is 0.225 e. The van der Waals surface area contributed by atoms with Crippen LogP contribution < -0.4 is 4.90 Å². The lowest BCUT2D eigenvalue weighted by Crippen LogP contribution is -2.49. The summed E-state index contributed by atoms with van der Waals surface area (Å²) in [4.78, 5) is 26.3. The van der Waals surface area contributed by atoms with Crippen molar-refractivity contribution in [3.05, 3.63) is 53.6 Å². The Morgan fingerprint density at radius 3 is 2.36 bits per heavy atom. The van der Waals surface area contributed by atoms with E-state index in [1.165, 1.54) is 0 Å². The highest BCUT2D eigenvalue weighted by Crippen LogP contribution is 2.32. The van der Waals surface area contributed by atoms with E-state index in [0.29, 0.717) is 16.8 Å². The molecule has 6 heteroatoms. The third kappa shape index (κ3) is 3.31. The zero-order valence-electron chi connectivity index (χ0n) is 15.5. The van der Waals surface area contributed by atoms with Crippen LogP contribution in [0.1, 0.15) is 12.8 Å². The lowest BCUT2D eigenvalue weighted by Gasteiger charge is -2.36. The molecule has 1 saturated carbocycles. The topological polar surface area (TPSA) is 49.3 Å². The maximum atomic E-state index is 12.4. The molecule has 2 fully saturated rings. The van der Waals surface area contributed by atoms with Gasteiger partial charge in [0.15, 0.2) is 5.82 Å². The van der Waals surface area contributed by atoms with E-state index in [4.69, 9.17) is 21.6 Å². The van der Waals surface area contributed by atoms with Gasteiger partial charge in [0.2, 0.25) is 5.91 Å². The number of benzene rings is 2. The highest BCUT2D eigenvalue weighted by atomic mass is 35.5. The number of rotatable bonds is 3. The summed E-state index contributed by atoms with van der Waals surface area (Å²) in [6.45, 7) is 3.09. The molecule has 5 nitrogen and oxygen atoms in total. The Labute approximate surface area is 169 Å². The summed E-state index contributed by atoms with van der Waals surface area (Å²) in [6.07, 6.45) is 2.11. The third-order valence-electron chi connectivity index (χ3n) is 5.50. The van der Waals surface area contributed by atoms with E-state index in [9.17, 15) is 4.79 Å². The quantitative estimate of drug-likeness (QED) is 0.675. The molecule has 1 saturated heterocycles. The Morgan fingerprint density at radius 2 is 1.64 bits per heavy atom. The molecule has 3 aromatic rings. The van der Waals surface area contributed by atoms with Crippen LogP contribution in [0.5, 0.6) is 0 Å². The largest absolute Gasteiger partial charge is 0.352 e. The van der Waals surface area contributed by atoms with Crippen molar-refractivity contribution in [1.29, 1.82) is 0 Å². The summed E-state index contributed by atoms with van der Waals surface area (Å²) in [7, 11) is 0. The van der Waals surface area contributed by atoms with E-state index < -0.39 is 0 Å². The number of piperazine rings is 1. The average Bonchev–Trinajstić information content (AvgIpc) is 3.58. The molecule has 2 aliphatic rings. The van der Waals surface area contributed by atoms with Gasteiger partial charge >= 0.3 is 0 Å². The second kappa shape index (κ2) is 7.06. The summed E-state index contributed by atoms with van der Waals surface area (Å²) in [5.74, 6) is 2.24. The fourth-order valence-corrected chi connectivity index (χ4v) is 3.88. The van der Waals surface area contributed by atoms with Crippen LogP contribution in [0.3, 0.4) is 0 Å². The Hall–Kier alpha value is -2.66. The van der Waals surface area contributed by atoms with Gasteiger partial charge in [-0.25, -0.2) is 9.97 Å². The van der Waals surface area contributed by atoms with Crippen LogP contribution in [0, 0.1) is 5.92 Å². The minimum absolute atomic E-state index is 0.280. The SMILES string of the molecule is O=C(C1CC1)N1CCN(c2nc(-c3ccc(Cl)cc3)nc3ccccc23)CC1. The van der Waals surface area contributed by atoms with Gasteiger partial charge in [0.1, 0.15) is 5.82 Å². The second-order valence-corrected chi connectivity index (χ2v) is 7.92. The molecule has 142 valence electrons. The van der Waals surface area contributed by atoms with Gasteiger partial charge in [-0.15, -0.1) is 0 Å². The lowest BCUT2D eigenvalue weighted by molar-refractivity contribution is -0.132. The first kappa shape index (κ1) is 17.4. The molecule has 5 rings (SSSR count). The van der Waals surface area contributed by atoms with E-state index in [1.807, 2.05) is 47.4 Å². The highest BCUT2D eigenvalue weighted by molar-refractivity contribution is 6.30. The normalized spacial score (nSPS) is 17.2. The van der Waals surface area contributed by atoms with Crippen molar-refractivity contribution in [1.82, 2.24) is 14.9 Å². The molecule has 2 heterocycles. The van der Waals surface area contributed by atoms with Gasteiger partial charge in [0, 0.05) is 48.1 Å². The molecule has 0 spiro atoms. The van der Waals surface area contributed by atoms with E-state index >= 15 is 0 Å². The summed E-state index contributed by atoms with van der Waals surface area (Å²) in [5, 5.41) is 1.74. The monoisotopic (exact) mass is 392 g/mol. The van der Waals surface area contributed by atoms with Crippen molar-refractivity contribution >= 4 is 34.2 Å². The van der Waals surface area contributed by atoms with Crippen molar-refractivity contribution in [2.75, 3.05) is 31.1 Å². The van der Waals surface area contributed by atoms with Gasteiger partial charge in [0.05, 0.1) is 5.52 Å². The first-order chi connectivity index (χ1) is 13.7. The van der Waals surface area contributed by atoms with Crippen LogP contribution in [0.15, 0.2) is 48.5 Å². The molecule has 1 aromatic heterocycles. The highest BCUT2D eigenvalue weighted by Gasteiger charge is 2.35. The summed E-state index contributed by atoms with van der Waals surface area (Å²) < 4.78 is 0. The predicted molar refractivity (Wildman–Crippen MR) is 112 cm³/mol. The van der Waals surface area contributed by atoms with Gasteiger partial charge in [0.25, 0.3) is 0 Å².